The monoisotopic (exact) mass is 188 g/mol. The lowest BCUT2D eigenvalue weighted by Gasteiger charge is -1.90. The lowest BCUT2D eigenvalue weighted by molar-refractivity contribution is 0.380. The largest absolute Gasteiger partial charge is 0.359 e. The zero-order valence-electron chi connectivity index (χ0n) is 7.60. The number of nitrogens with one attached hydrogen (secondary N) is 1. The Bertz CT molecular complexity index is 397. The van der Waals surface area contributed by atoms with Gasteiger partial charge in [-0.3, -0.25) is 4.98 Å². The first-order valence-corrected chi connectivity index (χ1v) is 4.27. The van der Waals surface area contributed by atoms with E-state index in [1.807, 2.05) is 24.3 Å². The summed E-state index contributed by atoms with van der Waals surface area (Å²) in [6, 6.07) is 7.51. The van der Waals surface area contributed by atoms with Crippen molar-refractivity contribution in [3.8, 4) is 11.4 Å². The standard InChI is InChI=1S/C10H10N3O/c1-11-7-8-6-10(13-14-8)9-4-2-3-5-12-9/h2-6,11H,1,7H2. The predicted octanol–water partition coefficient (Wildman–Crippen LogP) is 1.62. The number of aromatic nitrogens is 2. The van der Waals surface area contributed by atoms with E-state index in [1.165, 1.54) is 0 Å². The van der Waals surface area contributed by atoms with E-state index < -0.39 is 0 Å². The summed E-state index contributed by atoms with van der Waals surface area (Å²) in [5, 5.41) is 6.64. The molecule has 4 heteroatoms. The second kappa shape index (κ2) is 4.02. The number of rotatable bonds is 3. The van der Waals surface area contributed by atoms with Crippen LogP contribution in [-0.2, 0) is 6.54 Å². The minimum Gasteiger partial charge on any atom is -0.359 e. The maximum Gasteiger partial charge on any atom is 0.151 e. The van der Waals surface area contributed by atoms with E-state index in [0.29, 0.717) is 6.54 Å². The van der Waals surface area contributed by atoms with Crippen molar-refractivity contribution >= 4 is 0 Å². The molecular formula is C10H10N3O. The predicted molar refractivity (Wildman–Crippen MR) is 51.9 cm³/mol. The van der Waals surface area contributed by atoms with Crippen LogP contribution in [0.4, 0.5) is 0 Å². The van der Waals surface area contributed by atoms with Crippen molar-refractivity contribution in [1.82, 2.24) is 15.5 Å². The molecule has 71 valence electrons. The molecule has 2 aromatic heterocycles. The molecule has 1 N–H and O–H groups in total. The third-order valence-corrected chi connectivity index (χ3v) is 1.79. The third-order valence-electron chi connectivity index (χ3n) is 1.79. The fourth-order valence-electron chi connectivity index (χ4n) is 1.15. The molecule has 0 aliphatic rings. The molecule has 0 bridgehead atoms. The molecule has 0 spiro atoms. The van der Waals surface area contributed by atoms with E-state index in [9.17, 15) is 0 Å². The van der Waals surface area contributed by atoms with Crippen LogP contribution < -0.4 is 5.32 Å². The van der Waals surface area contributed by atoms with Crippen LogP contribution in [0.5, 0.6) is 0 Å². The van der Waals surface area contributed by atoms with Crippen LogP contribution in [0.2, 0.25) is 0 Å². The van der Waals surface area contributed by atoms with Crippen molar-refractivity contribution in [2.75, 3.05) is 0 Å². The summed E-state index contributed by atoms with van der Waals surface area (Å²) in [6.45, 7) is 0.569. The number of hydrogen-bond acceptors (Lipinski definition) is 4. The van der Waals surface area contributed by atoms with Crippen molar-refractivity contribution < 1.29 is 4.52 Å². The van der Waals surface area contributed by atoms with Gasteiger partial charge in [-0.15, -0.1) is 0 Å². The molecule has 2 rings (SSSR count). The first-order chi connectivity index (χ1) is 6.90. The molecular weight excluding hydrogens is 178 g/mol. The van der Waals surface area contributed by atoms with E-state index in [-0.39, 0.29) is 0 Å². The van der Waals surface area contributed by atoms with Gasteiger partial charge >= 0.3 is 0 Å². The maximum atomic E-state index is 5.07. The molecule has 2 heterocycles. The highest BCUT2D eigenvalue weighted by molar-refractivity contribution is 5.52. The van der Waals surface area contributed by atoms with Crippen LogP contribution in [0.15, 0.2) is 35.0 Å². The lowest BCUT2D eigenvalue weighted by atomic mass is 10.2. The van der Waals surface area contributed by atoms with Gasteiger partial charge in [0.1, 0.15) is 5.69 Å². The van der Waals surface area contributed by atoms with Crippen LogP contribution in [0.3, 0.4) is 0 Å². The topological polar surface area (TPSA) is 51.0 Å². The van der Waals surface area contributed by atoms with Crippen LogP contribution in [0.25, 0.3) is 11.4 Å². The minimum absolute atomic E-state index is 0.569. The normalized spacial score (nSPS) is 10.4. The Labute approximate surface area is 82.0 Å². The molecule has 14 heavy (non-hydrogen) atoms. The molecule has 4 nitrogen and oxygen atoms in total. The van der Waals surface area contributed by atoms with Gasteiger partial charge in [-0.25, -0.2) is 0 Å². The Hall–Kier alpha value is -1.68. The van der Waals surface area contributed by atoms with E-state index in [2.05, 4.69) is 22.5 Å². The van der Waals surface area contributed by atoms with Crippen LogP contribution >= 0.6 is 0 Å². The van der Waals surface area contributed by atoms with Crippen LogP contribution in [-0.4, -0.2) is 10.1 Å². The fraction of sp³-hybridized carbons (Fsp3) is 0.100. The van der Waals surface area contributed by atoms with Gasteiger partial charge in [-0.1, -0.05) is 11.2 Å². The highest BCUT2D eigenvalue weighted by Gasteiger charge is 2.05. The Morgan fingerprint density at radius 2 is 2.29 bits per heavy atom. The van der Waals surface area contributed by atoms with Gasteiger partial charge in [0.15, 0.2) is 5.76 Å². The van der Waals surface area contributed by atoms with E-state index in [4.69, 9.17) is 4.52 Å². The quantitative estimate of drug-likeness (QED) is 0.795. The van der Waals surface area contributed by atoms with Gasteiger partial charge in [0.05, 0.1) is 12.2 Å². The SMILES string of the molecule is [CH2]NCc1cc(-c2ccccn2)no1. The van der Waals surface area contributed by atoms with Gasteiger partial charge in [0.2, 0.25) is 0 Å². The molecule has 0 aliphatic carbocycles. The molecule has 0 fully saturated rings. The molecule has 0 saturated heterocycles. The molecule has 0 aromatic carbocycles. The van der Waals surface area contributed by atoms with Gasteiger partial charge < -0.3 is 9.84 Å². The average Bonchev–Trinajstić information content (AvgIpc) is 2.68. The summed E-state index contributed by atoms with van der Waals surface area (Å²) in [6.07, 6.45) is 1.73. The Morgan fingerprint density at radius 1 is 1.36 bits per heavy atom. The minimum atomic E-state index is 0.569. The van der Waals surface area contributed by atoms with Crippen LogP contribution in [0.1, 0.15) is 5.76 Å². The summed E-state index contributed by atoms with van der Waals surface area (Å²) < 4.78 is 5.07. The first kappa shape index (κ1) is 8.90. The maximum absolute atomic E-state index is 5.07. The zero-order valence-corrected chi connectivity index (χ0v) is 7.60. The van der Waals surface area contributed by atoms with Gasteiger partial charge in [-0.2, -0.15) is 0 Å². The summed E-state index contributed by atoms with van der Waals surface area (Å²) in [5.74, 6) is 0.751. The smallest absolute Gasteiger partial charge is 0.151 e. The molecule has 0 atom stereocenters. The second-order valence-corrected chi connectivity index (χ2v) is 2.82. The first-order valence-electron chi connectivity index (χ1n) is 4.27. The van der Waals surface area contributed by atoms with E-state index >= 15 is 0 Å². The second-order valence-electron chi connectivity index (χ2n) is 2.82. The Kier molecular flexibility index (Phi) is 2.55. The molecule has 2 aromatic rings. The molecule has 0 aliphatic heterocycles. The Morgan fingerprint density at radius 3 is 3.00 bits per heavy atom. The third kappa shape index (κ3) is 1.80. The van der Waals surface area contributed by atoms with Gasteiger partial charge in [0.25, 0.3) is 0 Å². The summed E-state index contributed by atoms with van der Waals surface area (Å²) >= 11 is 0. The lowest BCUT2D eigenvalue weighted by Crippen LogP contribution is -2.00. The zero-order chi connectivity index (χ0) is 9.80. The highest BCUT2D eigenvalue weighted by atomic mass is 16.5. The average molecular weight is 188 g/mol. The molecule has 0 unspecified atom stereocenters. The summed E-state index contributed by atoms with van der Waals surface area (Å²) in [4.78, 5) is 4.16. The number of nitrogens with zero attached hydrogens (tertiary/aromatic N) is 2. The van der Waals surface area contributed by atoms with Crippen molar-refractivity contribution in [1.29, 1.82) is 0 Å². The summed E-state index contributed by atoms with van der Waals surface area (Å²) in [7, 11) is 3.51. The number of pyridine rings is 1. The van der Waals surface area contributed by atoms with Crippen molar-refractivity contribution in [2.45, 2.75) is 6.54 Å². The van der Waals surface area contributed by atoms with Crippen molar-refractivity contribution in [2.24, 2.45) is 0 Å². The van der Waals surface area contributed by atoms with E-state index in [0.717, 1.165) is 17.1 Å². The number of hydrogen-bond donors (Lipinski definition) is 1. The molecule has 0 amide bonds. The Balaban J connectivity index is 2.25. The van der Waals surface area contributed by atoms with Gasteiger partial charge in [0, 0.05) is 19.3 Å². The summed E-state index contributed by atoms with van der Waals surface area (Å²) in [5.41, 5.74) is 1.56. The van der Waals surface area contributed by atoms with Crippen LogP contribution in [0, 0.1) is 7.05 Å². The fourth-order valence-corrected chi connectivity index (χ4v) is 1.15. The van der Waals surface area contributed by atoms with Gasteiger partial charge in [-0.05, 0) is 12.1 Å². The van der Waals surface area contributed by atoms with Crippen molar-refractivity contribution in [3.05, 3.63) is 43.3 Å². The van der Waals surface area contributed by atoms with Crippen molar-refractivity contribution in [3.63, 3.8) is 0 Å². The highest BCUT2D eigenvalue weighted by Crippen LogP contribution is 2.15. The molecule has 0 saturated carbocycles. The van der Waals surface area contributed by atoms with E-state index in [1.54, 1.807) is 6.20 Å². The molecule has 1 radical (unpaired) electrons.